The summed E-state index contributed by atoms with van der Waals surface area (Å²) in [6.07, 6.45) is 0. The summed E-state index contributed by atoms with van der Waals surface area (Å²) in [5.74, 6) is 0. The molecule has 0 atom stereocenters. The topological polar surface area (TPSA) is 143 Å². The maximum atomic E-state index is 10.1. The first kappa shape index (κ1) is 23.4. The molecule has 1 radical (unpaired) electrons. The SMILES string of the molecule is O=P([O-])([O-])F.O=S(=O)([O-])[O-].[Fe+3].[Na+]. The summed E-state index contributed by atoms with van der Waals surface area (Å²) in [5, 5.41) is 0. The van der Waals surface area contributed by atoms with E-state index in [1.165, 1.54) is 0 Å². The first-order valence-corrected chi connectivity index (χ1v) is 4.15. The van der Waals surface area contributed by atoms with Gasteiger partial charge in [0.1, 0.15) is 7.91 Å². The van der Waals surface area contributed by atoms with Gasteiger partial charge in [0.05, 0.1) is 0 Å². The van der Waals surface area contributed by atoms with Gasteiger partial charge in [0.2, 0.25) is 0 Å². The summed E-state index contributed by atoms with van der Waals surface area (Å²) < 4.78 is 52.7. The average Bonchev–Trinajstić information content (AvgIpc) is 1.12. The molecule has 0 aliphatic rings. The second kappa shape index (κ2) is 9.04. The molecule has 0 spiro atoms. The van der Waals surface area contributed by atoms with Gasteiger partial charge in [-0.3, -0.25) is 8.42 Å². The van der Waals surface area contributed by atoms with Crippen LogP contribution in [0.15, 0.2) is 0 Å². The molecule has 0 amide bonds. The van der Waals surface area contributed by atoms with Crippen molar-refractivity contribution >= 4 is 18.3 Å². The average molecular weight is 273 g/mol. The molecule has 0 aliphatic heterocycles. The molecule has 0 saturated heterocycles. The zero-order valence-electron chi connectivity index (χ0n) is 5.44. The van der Waals surface area contributed by atoms with Gasteiger partial charge in [0.15, 0.2) is 0 Å². The van der Waals surface area contributed by atoms with Gasteiger partial charge in [0.25, 0.3) is 0 Å². The molecule has 12 heteroatoms. The van der Waals surface area contributed by atoms with Crippen LogP contribution in [0, 0.1) is 0 Å². The Labute approximate surface area is 100 Å². The number of hydrogen-bond acceptors (Lipinski definition) is 7. The van der Waals surface area contributed by atoms with Gasteiger partial charge in [-0.2, -0.15) is 0 Å². The molecule has 0 fully saturated rings. The van der Waals surface area contributed by atoms with Crippen LogP contribution in [-0.4, -0.2) is 17.5 Å². The predicted octanol–water partition coefficient (Wildman–Crippen LogP) is -5.55. The maximum absolute atomic E-state index is 10.1. The van der Waals surface area contributed by atoms with Gasteiger partial charge in [-0.1, -0.05) is 0 Å². The van der Waals surface area contributed by atoms with Crippen molar-refractivity contribution < 1.29 is 82.7 Å². The van der Waals surface area contributed by atoms with Crippen LogP contribution in [0.5, 0.6) is 0 Å². The van der Waals surface area contributed by atoms with E-state index in [0.29, 0.717) is 0 Å². The van der Waals surface area contributed by atoms with Gasteiger partial charge in [-0.15, -0.1) is 0 Å². The molecule has 0 saturated carbocycles. The van der Waals surface area contributed by atoms with Crippen molar-refractivity contribution in [3.63, 3.8) is 0 Å². The molecule has 0 bridgehead atoms. The van der Waals surface area contributed by atoms with Gasteiger partial charge >= 0.3 is 46.6 Å². The van der Waals surface area contributed by atoms with Crippen LogP contribution in [0.2, 0.25) is 0 Å². The zero-order chi connectivity index (χ0) is 9.00. The first-order valence-electron chi connectivity index (χ1n) is 1.38. The van der Waals surface area contributed by atoms with Crippen molar-refractivity contribution in [2.45, 2.75) is 0 Å². The smallest absolute Gasteiger partial charge is 0.786 e. The Morgan fingerprint density at radius 1 is 1.17 bits per heavy atom. The fourth-order valence-corrected chi connectivity index (χ4v) is 0. The molecule has 12 heavy (non-hydrogen) atoms. The van der Waals surface area contributed by atoms with Gasteiger partial charge < -0.3 is 23.5 Å². The molecule has 0 heterocycles. The monoisotopic (exact) mass is 273 g/mol. The fraction of sp³-hybridized carbons (Fsp3) is 0. The van der Waals surface area contributed by atoms with Gasteiger partial charge in [0, 0.05) is 10.4 Å². The van der Waals surface area contributed by atoms with E-state index in [0.717, 1.165) is 0 Å². The molecule has 0 aromatic heterocycles. The van der Waals surface area contributed by atoms with E-state index in [2.05, 4.69) is 0 Å². The van der Waals surface area contributed by atoms with Gasteiger partial charge in [-0.25, -0.2) is 4.20 Å². The molecule has 0 aromatic carbocycles. The molecule has 7 nitrogen and oxygen atoms in total. The molecule has 0 N–H and O–H groups in total. The van der Waals surface area contributed by atoms with Gasteiger partial charge in [-0.05, 0) is 0 Å². The second-order valence-electron chi connectivity index (χ2n) is 0.839. The Kier molecular flexibility index (Phi) is 17.6. The van der Waals surface area contributed by atoms with Crippen molar-refractivity contribution in [1.29, 1.82) is 0 Å². The van der Waals surface area contributed by atoms with Crippen LogP contribution in [0.1, 0.15) is 0 Å². The Morgan fingerprint density at radius 3 is 1.17 bits per heavy atom. The Hall–Kier alpha value is 1.47. The van der Waals surface area contributed by atoms with Crippen molar-refractivity contribution in [3.8, 4) is 0 Å². The van der Waals surface area contributed by atoms with E-state index >= 15 is 0 Å². The summed E-state index contributed by atoms with van der Waals surface area (Å²) in [4.78, 5) is 16.9. The second-order valence-corrected chi connectivity index (χ2v) is 2.52. The van der Waals surface area contributed by atoms with Crippen molar-refractivity contribution in [3.05, 3.63) is 0 Å². The minimum atomic E-state index is -5.64. The third kappa shape index (κ3) is 582. The minimum absolute atomic E-state index is 0. The van der Waals surface area contributed by atoms with Crippen LogP contribution in [-0.2, 0) is 32.0 Å². The molecule has 69 valence electrons. The number of hydrogen-bond donors (Lipinski definition) is 0. The number of rotatable bonds is 0. The summed E-state index contributed by atoms with van der Waals surface area (Å²) in [6, 6.07) is 0. The van der Waals surface area contributed by atoms with Crippen LogP contribution < -0.4 is 39.3 Å². The molecular weight excluding hydrogens is 273 g/mol. The summed E-state index contributed by atoms with van der Waals surface area (Å²) in [7, 11) is -10.8. The van der Waals surface area contributed by atoms with Crippen LogP contribution in [0.4, 0.5) is 4.20 Å². The van der Waals surface area contributed by atoms with Crippen LogP contribution in [0.25, 0.3) is 0 Å². The van der Waals surface area contributed by atoms with E-state index in [4.69, 9.17) is 31.9 Å². The van der Waals surface area contributed by atoms with Crippen LogP contribution in [0.3, 0.4) is 0 Å². The fourth-order valence-electron chi connectivity index (χ4n) is 0. The van der Waals surface area contributed by atoms with Crippen molar-refractivity contribution in [1.82, 2.24) is 0 Å². The largest absolute Gasteiger partial charge is 3.00 e. The summed E-state index contributed by atoms with van der Waals surface area (Å²) >= 11 is 0. The third-order valence-corrected chi connectivity index (χ3v) is 0. The Bertz CT molecular complexity index is 201. The third-order valence-electron chi connectivity index (χ3n) is 0. The van der Waals surface area contributed by atoms with Crippen molar-refractivity contribution in [2.24, 2.45) is 0 Å². The minimum Gasteiger partial charge on any atom is -0.786 e. The van der Waals surface area contributed by atoms with E-state index in [-0.39, 0.29) is 46.6 Å². The Balaban J connectivity index is -0.0000000457. The molecule has 0 unspecified atom stereocenters. The molecule has 0 aliphatic carbocycles. The van der Waals surface area contributed by atoms with E-state index < -0.39 is 18.3 Å². The van der Waals surface area contributed by atoms with E-state index in [1.807, 2.05) is 0 Å². The maximum Gasteiger partial charge on any atom is 3.00 e. The van der Waals surface area contributed by atoms with Crippen molar-refractivity contribution in [2.75, 3.05) is 0 Å². The van der Waals surface area contributed by atoms with E-state index in [1.54, 1.807) is 0 Å². The quantitative estimate of drug-likeness (QED) is 0.185. The standard InChI is InChI=1S/FH2O3P.Fe.Na.H2O4S/c1-5(2,3)4;;;1-5(2,3)4/h(H2,2,3,4);;;(H2,1,2,3,4)/q;+3;+1;/p-4. The predicted molar refractivity (Wildman–Crippen MR) is 19.2 cm³/mol. The zero-order valence-corrected chi connectivity index (χ0v) is 10.3. The molecule has 0 rings (SSSR count). The Morgan fingerprint density at radius 2 is 1.17 bits per heavy atom. The number of halogens is 1. The van der Waals surface area contributed by atoms with Crippen LogP contribution >= 0.6 is 7.91 Å². The van der Waals surface area contributed by atoms with E-state index in [9.17, 15) is 4.20 Å². The summed E-state index contributed by atoms with van der Waals surface area (Å²) in [6.45, 7) is 0. The summed E-state index contributed by atoms with van der Waals surface area (Å²) in [5.41, 5.74) is 0. The first-order chi connectivity index (χ1) is 4.00. The molecule has 0 aromatic rings. The normalized spacial score (nSPS) is 9.75. The molecular formula is FFeNaO7PS.